The number of benzene rings is 2. The van der Waals surface area contributed by atoms with Crippen LogP contribution in [0.3, 0.4) is 0 Å². The monoisotopic (exact) mass is 285 g/mol. The number of hydrogen-bond acceptors (Lipinski definition) is 3. The zero-order valence-electron chi connectivity index (χ0n) is 11.4. The molecule has 0 unspecified atom stereocenters. The zero-order chi connectivity index (χ0) is 15.2. The van der Waals surface area contributed by atoms with Gasteiger partial charge in [-0.25, -0.2) is 9.59 Å². The van der Waals surface area contributed by atoms with Crippen molar-refractivity contribution < 1.29 is 14.3 Å². The minimum absolute atomic E-state index is 0.449. The second kappa shape index (κ2) is 6.42. The topological polar surface area (TPSA) is 93.4 Å². The number of anilines is 2. The van der Waals surface area contributed by atoms with Gasteiger partial charge >= 0.3 is 12.1 Å². The van der Waals surface area contributed by atoms with Gasteiger partial charge in [-0.3, -0.25) is 5.32 Å². The quantitative estimate of drug-likeness (QED) is 0.808. The second-order valence-electron chi connectivity index (χ2n) is 4.40. The van der Waals surface area contributed by atoms with Crippen molar-refractivity contribution in [2.45, 2.75) is 6.92 Å². The van der Waals surface area contributed by atoms with E-state index < -0.39 is 12.1 Å². The van der Waals surface area contributed by atoms with Gasteiger partial charge in [-0.1, -0.05) is 23.8 Å². The minimum atomic E-state index is -0.672. The number of carbonyl (C=O) groups excluding carboxylic acids is 2. The van der Waals surface area contributed by atoms with Gasteiger partial charge in [0.1, 0.15) is 5.75 Å². The normalized spacial score (nSPS) is 9.76. The molecule has 0 saturated carbocycles. The first-order valence-electron chi connectivity index (χ1n) is 6.25. The van der Waals surface area contributed by atoms with Crippen LogP contribution in [0, 0.1) is 6.92 Å². The highest BCUT2D eigenvalue weighted by atomic mass is 16.6. The molecule has 2 rings (SSSR count). The van der Waals surface area contributed by atoms with E-state index in [1.165, 1.54) is 0 Å². The molecule has 21 heavy (non-hydrogen) atoms. The molecule has 0 saturated heterocycles. The molecule has 6 heteroatoms. The lowest BCUT2D eigenvalue weighted by Crippen LogP contribution is -2.20. The number of primary amides is 1. The predicted molar refractivity (Wildman–Crippen MR) is 80.5 cm³/mol. The van der Waals surface area contributed by atoms with E-state index >= 15 is 0 Å². The first-order chi connectivity index (χ1) is 10.0. The molecule has 0 fully saturated rings. The lowest BCUT2D eigenvalue weighted by atomic mass is 10.2. The van der Waals surface area contributed by atoms with E-state index in [4.69, 9.17) is 10.5 Å². The summed E-state index contributed by atoms with van der Waals surface area (Å²) in [6.45, 7) is 1.95. The number of hydrogen-bond donors (Lipinski definition) is 3. The number of ether oxygens (including phenoxy) is 1. The van der Waals surface area contributed by atoms with Gasteiger partial charge < -0.3 is 15.8 Å². The van der Waals surface area contributed by atoms with Crippen LogP contribution in [-0.2, 0) is 0 Å². The zero-order valence-corrected chi connectivity index (χ0v) is 11.4. The van der Waals surface area contributed by atoms with Crippen molar-refractivity contribution in [2.75, 3.05) is 10.6 Å². The first kappa shape index (κ1) is 14.4. The van der Waals surface area contributed by atoms with Crippen molar-refractivity contribution in [3.8, 4) is 5.75 Å². The first-order valence-corrected chi connectivity index (χ1v) is 6.25. The molecule has 4 N–H and O–H groups in total. The fourth-order valence-electron chi connectivity index (χ4n) is 1.67. The third-order valence-corrected chi connectivity index (χ3v) is 2.61. The third-order valence-electron chi connectivity index (χ3n) is 2.61. The minimum Gasteiger partial charge on any atom is -0.410 e. The number of urea groups is 1. The Balaban J connectivity index is 1.99. The van der Waals surface area contributed by atoms with Gasteiger partial charge in [-0.15, -0.1) is 0 Å². The summed E-state index contributed by atoms with van der Waals surface area (Å²) in [6.07, 6.45) is -0.616. The Kier molecular flexibility index (Phi) is 4.40. The molecular formula is C15H15N3O3. The van der Waals surface area contributed by atoms with Gasteiger partial charge in [0.2, 0.25) is 0 Å². The Morgan fingerprint density at radius 2 is 1.62 bits per heavy atom. The Morgan fingerprint density at radius 3 is 2.24 bits per heavy atom. The molecule has 2 aromatic rings. The SMILES string of the molecule is Cc1ccc(OC(=O)Nc2cccc(NC(N)=O)c2)cc1. The van der Waals surface area contributed by atoms with Crippen LogP contribution in [0.15, 0.2) is 48.5 Å². The van der Waals surface area contributed by atoms with Crippen LogP contribution in [0.4, 0.5) is 21.0 Å². The number of nitrogens with one attached hydrogen (secondary N) is 2. The van der Waals surface area contributed by atoms with Crippen molar-refractivity contribution in [1.82, 2.24) is 0 Å². The highest BCUT2D eigenvalue weighted by Crippen LogP contribution is 2.16. The van der Waals surface area contributed by atoms with E-state index in [2.05, 4.69) is 10.6 Å². The molecule has 6 nitrogen and oxygen atoms in total. The highest BCUT2D eigenvalue weighted by Gasteiger charge is 2.06. The van der Waals surface area contributed by atoms with Crippen molar-refractivity contribution in [3.63, 3.8) is 0 Å². The van der Waals surface area contributed by atoms with E-state index in [0.717, 1.165) is 5.56 Å². The van der Waals surface area contributed by atoms with E-state index in [0.29, 0.717) is 17.1 Å². The number of rotatable bonds is 3. The highest BCUT2D eigenvalue weighted by molar-refractivity contribution is 5.90. The van der Waals surface area contributed by atoms with Crippen molar-refractivity contribution in [3.05, 3.63) is 54.1 Å². The smallest absolute Gasteiger partial charge is 0.410 e. The molecule has 0 heterocycles. The number of carbonyl (C=O) groups is 2. The van der Waals surface area contributed by atoms with Crippen LogP contribution in [0.2, 0.25) is 0 Å². The maximum Gasteiger partial charge on any atom is 0.417 e. The molecule has 2 aromatic carbocycles. The van der Waals surface area contributed by atoms with E-state index in [1.807, 2.05) is 19.1 Å². The fraction of sp³-hybridized carbons (Fsp3) is 0.0667. The van der Waals surface area contributed by atoms with Crippen LogP contribution >= 0.6 is 0 Å². The van der Waals surface area contributed by atoms with Crippen LogP contribution < -0.4 is 21.1 Å². The summed E-state index contributed by atoms with van der Waals surface area (Å²) in [5.41, 5.74) is 7.07. The maximum atomic E-state index is 11.8. The van der Waals surface area contributed by atoms with E-state index in [1.54, 1.807) is 36.4 Å². The molecule has 0 aliphatic heterocycles. The summed E-state index contributed by atoms with van der Waals surface area (Å²) in [5, 5.41) is 4.99. The second-order valence-corrected chi connectivity index (χ2v) is 4.40. The van der Waals surface area contributed by atoms with E-state index in [9.17, 15) is 9.59 Å². The van der Waals surface area contributed by atoms with Crippen molar-refractivity contribution >= 4 is 23.5 Å². The Labute approximate surface area is 121 Å². The van der Waals surface area contributed by atoms with Gasteiger partial charge in [0, 0.05) is 11.4 Å². The average molecular weight is 285 g/mol. The Hall–Kier alpha value is -3.02. The van der Waals surface area contributed by atoms with Crippen LogP contribution in [0.1, 0.15) is 5.56 Å². The number of nitrogens with two attached hydrogens (primary N) is 1. The fourth-order valence-corrected chi connectivity index (χ4v) is 1.67. The van der Waals surface area contributed by atoms with Gasteiger partial charge in [0.05, 0.1) is 0 Å². The van der Waals surface area contributed by atoms with Crippen LogP contribution in [0.25, 0.3) is 0 Å². The van der Waals surface area contributed by atoms with Gasteiger partial charge in [-0.05, 0) is 37.3 Å². The summed E-state index contributed by atoms with van der Waals surface area (Å²) in [4.78, 5) is 22.5. The predicted octanol–water partition coefficient (Wildman–Crippen LogP) is 3.10. The molecule has 108 valence electrons. The van der Waals surface area contributed by atoms with Crippen LogP contribution in [0.5, 0.6) is 5.75 Å². The molecule has 0 atom stereocenters. The molecule has 0 spiro atoms. The average Bonchev–Trinajstić information content (AvgIpc) is 2.41. The molecule has 0 bridgehead atoms. The molecule has 0 aliphatic carbocycles. The number of aryl methyl sites for hydroxylation is 1. The maximum absolute atomic E-state index is 11.8. The summed E-state index contributed by atoms with van der Waals surface area (Å²) < 4.78 is 5.13. The molecule has 0 aliphatic rings. The largest absolute Gasteiger partial charge is 0.417 e. The molecule has 3 amide bonds. The van der Waals surface area contributed by atoms with E-state index in [-0.39, 0.29) is 0 Å². The number of amides is 3. The van der Waals surface area contributed by atoms with Crippen molar-refractivity contribution in [1.29, 1.82) is 0 Å². The lowest BCUT2D eigenvalue weighted by Gasteiger charge is -2.08. The standard InChI is InChI=1S/C15H15N3O3/c1-10-5-7-13(8-6-10)21-15(20)18-12-4-2-3-11(9-12)17-14(16)19/h2-9H,1H3,(H,18,20)(H3,16,17,19). The van der Waals surface area contributed by atoms with Crippen molar-refractivity contribution in [2.24, 2.45) is 5.73 Å². The third kappa shape index (κ3) is 4.54. The Morgan fingerprint density at radius 1 is 1.00 bits per heavy atom. The summed E-state index contributed by atoms with van der Waals surface area (Å²) >= 11 is 0. The summed E-state index contributed by atoms with van der Waals surface area (Å²) in [5.74, 6) is 0.449. The molecule has 0 aromatic heterocycles. The molecule has 0 radical (unpaired) electrons. The van der Waals surface area contributed by atoms with Crippen LogP contribution in [-0.4, -0.2) is 12.1 Å². The molecular weight excluding hydrogens is 270 g/mol. The van der Waals surface area contributed by atoms with Gasteiger partial charge in [0.15, 0.2) is 0 Å². The van der Waals surface area contributed by atoms with Gasteiger partial charge in [-0.2, -0.15) is 0 Å². The lowest BCUT2D eigenvalue weighted by molar-refractivity contribution is 0.215. The summed E-state index contributed by atoms with van der Waals surface area (Å²) in [6, 6.07) is 13.0. The Bertz CT molecular complexity index is 653. The summed E-state index contributed by atoms with van der Waals surface area (Å²) in [7, 11) is 0. The van der Waals surface area contributed by atoms with Gasteiger partial charge in [0.25, 0.3) is 0 Å².